The van der Waals surface area contributed by atoms with Crippen molar-refractivity contribution in [3.8, 4) is 0 Å². The maximum absolute atomic E-state index is 15.2. The van der Waals surface area contributed by atoms with Gasteiger partial charge in [-0.3, -0.25) is 4.79 Å². The first kappa shape index (κ1) is 22.6. The lowest BCUT2D eigenvalue weighted by Gasteiger charge is -2.11. The van der Waals surface area contributed by atoms with Crippen molar-refractivity contribution in [2.45, 2.75) is 4.90 Å². The number of nitrogens with zero attached hydrogens (tertiary/aromatic N) is 2. The molecule has 170 valence electrons. The predicted molar refractivity (Wildman–Crippen MR) is 120 cm³/mol. The lowest BCUT2D eigenvalue weighted by Crippen LogP contribution is -2.12. The Balaban J connectivity index is 1.68. The first-order valence-electron chi connectivity index (χ1n) is 9.76. The molecule has 0 aliphatic carbocycles. The van der Waals surface area contributed by atoms with Gasteiger partial charge in [-0.1, -0.05) is 12.1 Å². The molecule has 2 heterocycles. The van der Waals surface area contributed by atoms with E-state index in [1.54, 1.807) is 13.2 Å². The summed E-state index contributed by atoms with van der Waals surface area (Å²) in [4.78, 5) is 24.5. The van der Waals surface area contributed by atoms with Crippen LogP contribution in [0.2, 0.25) is 0 Å². The maximum Gasteiger partial charge on any atom is 0.201 e. The Morgan fingerprint density at radius 3 is 2.73 bits per heavy atom. The monoisotopic (exact) mass is 473 g/mol. The molecule has 2 aromatic carbocycles. The fourth-order valence-corrected chi connectivity index (χ4v) is 3.85. The fraction of sp³-hybridized carbons (Fsp3) is 0.136. The molecule has 33 heavy (non-hydrogen) atoms. The van der Waals surface area contributed by atoms with Gasteiger partial charge in [0.05, 0.1) is 33.7 Å². The highest BCUT2D eigenvalue weighted by Gasteiger charge is 2.26. The molecule has 0 bridgehead atoms. The van der Waals surface area contributed by atoms with Gasteiger partial charge in [0.25, 0.3) is 0 Å². The van der Waals surface area contributed by atoms with Crippen LogP contribution < -0.4 is 10.0 Å². The largest absolute Gasteiger partial charge is 0.383 e. The zero-order valence-corrected chi connectivity index (χ0v) is 18.1. The first-order valence-corrected chi connectivity index (χ1v) is 10.6. The van der Waals surface area contributed by atoms with Gasteiger partial charge in [-0.05, 0) is 36.2 Å². The second-order valence-corrected chi connectivity index (χ2v) is 7.66. The van der Waals surface area contributed by atoms with E-state index in [-0.39, 0.29) is 16.1 Å². The smallest absolute Gasteiger partial charge is 0.201 e. The van der Waals surface area contributed by atoms with Crippen LogP contribution in [0.4, 0.5) is 24.7 Å². The minimum absolute atomic E-state index is 0.00206. The van der Waals surface area contributed by atoms with Crippen LogP contribution in [0.1, 0.15) is 15.9 Å². The number of nitrogens with one attached hydrogen (secondary N) is 3. The number of aromatic nitrogens is 3. The summed E-state index contributed by atoms with van der Waals surface area (Å²) in [6.45, 7) is 0.784. The lowest BCUT2D eigenvalue weighted by molar-refractivity contribution is 0.103. The summed E-state index contributed by atoms with van der Waals surface area (Å²) >= 11 is 0.808. The van der Waals surface area contributed by atoms with E-state index < -0.39 is 28.8 Å². The minimum Gasteiger partial charge on any atom is -0.383 e. The highest BCUT2D eigenvalue weighted by atomic mass is 32.2. The third kappa shape index (κ3) is 4.64. The average molecular weight is 473 g/mol. The van der Waals surface area contributed by atoms with Crippen LogP contribution in [0, 0.1) is 17.5 Å². The normalized spacial score (nSPS) is 11.0. The van der Waals surface area contributed by atoms with Crippen LogP contribution in [0.15, 0.2) is 53.8 Å². The van der Waals surface area contributed by atoms with Gasteiger partial charge in [0.15, 0.2) is 5.82 Å². The number of rotatable bonds is 9. The van der Waals surface area contributed by atoms with Crippen molar-refractivity contribution in [3.63, 3.8) is 0 Å². The maximum atomic E-state index is 15.2. The first-order chi connectivity index (χ1) is 16.0. The average Bonchev–Trinajstić information content (AvgIpc) is 3.25. The number of anilines is 2. The number of ether oxygens (including phenoxy) is 1. The van der Waals surface area contributed by atoms with Gasteiger partial charge < -0.3 is 19.8 Å². The highest BCUT2D eigenvalue weighted by Crippen LogP contribution is 2.31. The molecule has 4 aromatic rings. The SMILES string of the molecule is COCCNc1ncnc2[nH]cc(C(=O)c3c(F)ccc(NSc4ccccc4F)c3F)c12. The van der Waals surface area contributed by atoms with Crippen LogP contribution in [0.25, 0.3) is 11.0 Å². The number of carbonyl (C=O) groups is 1. The quantitative estimate of drug-likeness (QED) is 0.183. The Kier molecular flexibility index (Phi) is 6.80. The van der Waals surface area contributed by atoms with E-state index in [1.807, 2.05) is 0 Å². The number of H-pyrrole nitrogens is 1. The molecule has 3 N–H and O–H groups in total. The second-order valence-electron chi connectivity index (χ2n) is 6.82. The summed E-state index contributed by atoms with van der Waals surface area (Å²) in [7, 11) is 1.54. The predicted octanol–water partition coefficient (Wildman–Crippen LogP) is 4.78. The summed E-state index contributed by atoms with van der Waals surface area (Å²) in [5, 5.41) is 3.32. The lowest BCUT2D eigenvalue weighted by atomic mass is 10.0. The van der Waals surface area contributed by atoms with Gasteiger partial charge in [0, 0.05) is 19.9 Å². The van der Waals surface area contributed by atoms with Crippen molar-refractivity contribution in [1.29, 1.82) is 0 Å². The molecular formula is C22H18F3N5O2S. The zero-order chi connectivity index (χ0) is 23.4. The molecule has 0 atom stereocenters. The van der Waals surface area contributed by atoms with E-state index in [1.165, 1.54) is 30.7 Å². The van der Waals surface area contributed by atoms with Crippen LogP contribution in [-0.4, -0.2) is 41.0 Å². The van der Waals surface area contributed by atoms with Gasteiger partial charge in [-0.25, -0.2) is 23.1 Å². The van der Waals surface area contributed by atoms with Crippen LogP contribution in [-0.2, 0) is 4.74 Å². The van der Waals surface area contributed by atoms with Crippen molar-refractivity contribution < 1.29 is 22.7 Å². The van der Waals surface area contributed by atoms with E-state index in [0.717, 1.165) is 24.1 Å². The molecule has 0 fully saturated rings. The number of benzene rings is 2. The van der Waals surface area contributed by atoms with Crippen molar-refractivity contribution in [2.75, 3.05) is 30.3 Å². The number of halogens is 3. The third-order valence-electron chi connectivity index (χ3n) is 4.74. The molecule has 0 aliphatic rings. The molecule has 11 heteroatoms. The van der Waals surface area contributed by atoms with E-state index >= 15 is 4.39 Å². The fourth-order valence-electron chi connectivity index (χ4n) is 3.16. The number of hydrogen-bond acceptors (Lipinski definition) is 7. The van der Waals surface area contributed by atoms with Crippen LogP contribution >= 0.6 is 11.9 Å². The van der Waals surface area contributed by atoms with Crippen LogP contribution in [0.3, 0.4) is 0 Å². The Bertz CT molecular complexity index is 1310. The molecule has 0 saturated carbocycles. The van der Waals surface area contributed by atoms with Gasteiger partial charge in [-0.2, -0.15) is 0 Å². The Morgan fingerprint density at radius 2 is 1.94 bits per heavy atom. The molecule has 0 spiro atoms. The summed E-state index contributed by atoms with van der Waals surface area (Å²) < 4.78 is 51.3. The summed E-state index contributed by atoms with van der Waals surface area (Å²) in [6.07, 6.45) is 2.63. The van der Waals surface area contributed by atoms with Crippen molar-refractivity contribution in [1.82, 2.24) is 15.0 Å². The molecule has 7 nitrogen and oxygen atoms in total. The summed E-state index contributed by atoms with van der Waals surface area (Å²) in [6, 6.07) is 8.04. The molecule has 0 radical (unpaired) electrons. The topological polar surface area (TPSA) is 91.9 Å². The Hall–Kier alpha value is -3.57. The van der Waals surface area contributed by atoms with E-state index in [4.69, 9.17) is 4.74 Å². The van der Waals surface area contributed by atoms with E-state index in [2.05, 4.69) is 25.0 Å². The van der Waals surface area contributed by atoms with Gasteiger partial charge in [0.1, 0.15) is 29.4 Å². The molecule has 4 rings (SSSR count). The third-order valence-corrected chi connectivity index (χ3v) is 5.61. The van der Waals surface area contributed by atoms with Gasteiger partial charge in [0.2, 0.25) is 5.78 Å². The van der Waals surface area contributed by atoms with Crippen molar-refractivity contribution in [3.05, 3.63) is 77.5 Å². The number of methoxy groups -OCH3 is 1. The number of carbonyl (C=O) groups excluding carboxylic acids is 1. The van der Waals surface area contributed by atoms with Crippen LogP contribution in [0.5, 0.6) is 0 Å². The highest BCUT2D eigenvalue weighted by molar-refractivity contribution is 8.00. The minimum atomic E-state index is -1.09. The number of aromatic amines is 1. The molecule has 2 aromatic heterocycles. The van der Waals surface area contributed by atoms with Crippen molar-refractivity contribution in [2.24, 2.45) is 0 Å². The van der Waals surface area contributed by atoms with Gasteiger partial charge >= 0.3 is 0 Å². The number of hydrogen-bond donors (Lipinski definition) is 3. The number of ketones is 1. The molecular weight excluding hydrogens is 455 g/mol. The van der Waals surface area contributed by atoms with Gasteiger partial charge in [-0.15, -0.1) is 0 Å². The Morgan fingerprint density at radius 1 is 1.12 bits per heavy atom. The molecule has 0 amide bonds. The summed E-state index contributed by atoms with van der Waals surface area (Å²) in [5.74, 6) is -3.18. The zero-order valence-electron chi connectivity index (χ0n) is 17.3. The van der Waals surface area contributed by atoms with Crippen molar-refractivity contribution >= 4 is 40.3 Å². The molecule has 0 unspecified atom stereocenters. The number of fused-ring (bicyclic) bond motifs is 1. The second kappa shape index (κ2) is 9.92. The van der Waals surface area contributed by atoms with E-state index in [9.17, 15) is 13.6 Å². The Labute approximate surface area is 190 Å². The molecule has 0 saturated heterocycles. The summed E-state index contributed by atoms with van der Waals surface area (Å²) in [5.41, 5.74) is -0.579. The van der Waals surface area contributed by atoms with E-state index in [0.29, 0.717) is 30.0 Å². The standard InChI is InChI=1S/C22H18F3N5O2S/c1-32-9-8-26-21-17-12(10-27-22(17)29-11-28-21)20(31)18-14(24)6-7-15(19(18)25)30-33-16-5-3-2-4-13(16)23/h2-7,10-11,30H,8-9H2,1H3,(H2,26,27,28,29). The molecule has 0 aliphatic heterocycles.